The second-order valence-corrected chi connectivity index (χ2v) is 5.30. The van der Waals surface area contributed by atoms with Gasteiger partial charge < -0.3 is 20.0 Å². The third-order valence-electron chi connectivity index (χ3n) is 3.49. The summed E-state index contributed by atoms with van der Waals surface area (Å²) >= 11 is 0. The van der Waals surface area contributed by atoms with Gasteiger partial charge in [-0.2, -0.15) is 0 Å². The molecule has 1 aliphatic heterocycles. The Bertz CT molecular complexity index is 429. The molecule has 0 bridgehead atoms. The zero-order chi connectivity index (χ0) is 14.9. The lowest BCUT2D eigenvalue weighted by Crippen LogP contribution is -2.36. The second kappa shape index (κ2) is 8.61. The first-order valence-electron chi connectivity index (χ1n) is 7.84. The van der Waals surface area contributed by atoms with Crippen LogP contribution in [0.3, 0.4) is 0 Å². The third-order valence-corrected chi connectivity index (χ3v) is 3.49. The number of carbonyl (C=O) groups excluding carboxylic acids is 1. The molecule has 0 spiro atoms. The van der Waals surface area contributed by atoms with Gasteiger partial charge in [0.2, 0.25) is 11.8 Å². The Balaban J connectivity index is 1.64. The predicted octanol–water partition coefficient (Wildman–Crippen LogP) is 1.38. The molecule has 1 amide bonds. The summed E-state index contributed by atoms with van der Waals surface area (Å²) in [5.41, 5.74) is 0. The molecule has 0 aliphatic carbocycles. The van der Waals surface area contributed by atoms with Gasteiger partial charge in [0.1, 0.15) is 0 Å². The van der Waals surface area contributed by atoms with Gasteiger partial charge in [0.15, 0.2) is 0 Å². The number of aromatic nitrogens is 2. The van der Waals surface area contributed by atoms with Crippen molar-refractivity contribution < 1.29 is 9.21 Å². The van der Waals surface area contributed by atoms with E-state index in [4.69, 9.17) is 4.42 Å². The molecule has 21 heavy (non-hydrogen) atoms. The van der Waals surface area contributed by atoms with E-state index in [0.717, 1.165) is 38.9 Å². The number of likely N-dealkylation sites (tertiary alicyclic amines) is 1. The molecule has 7 heteroatoms. The smallest absolute Gasteiger partial charge is 0.315 e. The quantitative estimate of drug-likeness (QED) is 0.705. The first kappa shape index (κ1) is 15.8. The van der Waals surface area contributed by atoms with Crippen molar-refractivity contribution in [2.75, 3.05) is 31.5 Å². The van der Waals surface area contributed by atoms with Gasteiger partial charge in [-0.3, -0.25) is 4.79 Å². The number of hydrogen-bond donors (Lipinski definition) is 2. The minimum Gasteiger partial charge on any atom is -0.407 e. The topological polar surface area (TPSA) is 83.3 Å². The van der Waals surface area contributed by atoms with Crippen LogP contribution in [0.2, 0.25) is 0 Å². The average Bonchev–Trinajstić information content (AvgIpc) is 2.96. The maximum atomic E-state index is 12.0. The van der Waals surface area contributed by atoms with E-state index in [0.29, 0.717) is 31.4 Å². The molecule has 118 valence electrons. The van der Waals surface area contributed by atoms with Crippen LogP contribution in [0.4, 0.5) is 6.01 Å². The highest BCUT2D eigenvalue weighted by atomic mass is 16.4. The van der Waals surface area contributed by atoms with E-state index in [1.807, 2.05) is 4.90 Å². The zero-order valence-corrected chi connectivity index (χ0v) is 12.7. The molecule has 0 atom stereocenters. The molecule has 2 rings (SSSR count). The Morgan fingerprint density at radius 2 is 2.05 bits per heavy atom. The largest absolute Gasteiger partial charge is 0.407 e. The van der Waals surface area contributed by atoms with E-state index < -0.39 is 0 Å². The van der Waals surface area contributed by atoms with Gasteiger partial charge >= 0.3 is 6.01 Å². The van der Waals surface area contributed by atoms with E-state index >= 15 is 0 Å². The van der Waals surface area contributed by atoms with Crippen molar-refractivity contribution in [1.29, 1.82) is 0 Å². The molecule has 0 saturated carbocycles. The van der Waals surface area contributed by atoms with Crippen LogP contribution in [-0.4, -0.2) is 47.2 Å². The highest BCUT2D eigenvalue weighted by Crippen LogP contribution is 2.10. The first-order chi connectivity index (χ1) is 10.3. The van der Waals surface area contributed by atoms with Crippen LogP contribution in [0.15, 0.2) is 4.42 Å². The fourth-order valence-corrected chi connectivity index (χ4v) is 2.35. The van der Waals surface area contributed by atoms with Crippen LogP contribution in [0.5, 0.6) is 0 Å². The van der Waals surface area contributed by atoms with Gasteiger partial charge in [0, 0.05) is 26.1 Å². The summed E-state index contributed by atoms with van der Waals surface area (Å²) in [6.07, 6.45) is 5.01. The molecule has 1 aromatic rings. The average molecular weight is 295 g/mol. The molecular formula is C14H25N5O2. The Morgan fingerprint density at radius 1 is 1.24 bits per heavy atom. The van der Waals surface area contributed by atoms with Crippen molar-refractivity contribution in [3.8, 4) is 0 Å². The molecule has 1 fully saturated rings. The van der Waals surface area contributed by atoms with Crippen molar-refractivity contribution in [1.82, 2.24) is 20.4 Å². The number of carbonyl (C=O) groups is 1. The molecule has 7 nitrogen and oxygen atoms in total. The number of nitrogens with zero attached hydrogens (tertiary/aromatic N) is 3. The maximum Gasteiger partial charge on any atom is 0.315 e. The Labute approximate surface area is 125 Å². The summed E-state index contributed by atoms with van der Waals surface area (Å²) in [7, 11) is 0. The number of anilines is 1. The molecule has 1 aliphatic rings. The maximum absolute atomic E-state index is 12.0. The Morgan fingerprint density at radius 3 is 2.81 bits per heavy atom. The Hall–Kier alpha value is -1.63. The van der Waals surface area contributed by atoms with E-state index in [1.54, 1.807) is 0 Å². The van der Waals surface area contributed by atoms with Crippen LogP contribution in [-0.2, 0) is 11.3 Å². The van der Waals surface area contributed by atoms with Gasteiger partial charge in [-0.15, -0.1) is 5.10 Å². The lowest BCUT2D eigenvalue weighted by Gasteiger charge is -2.26. The minimum atomic E-state index is 0.201. The molecule has 0 radical (unpaired) electrons. The van der Waals surface area contributed by atoms with E-state index in [1.165, 1.54) is 6.42 Å². The highest BCUT2D eigenvalue weighted by molar-refractivity contribution is 5.76. The summed E-state index contributed by atoms with van der Waals surface area (Å²) < 4.78 is 5.44. The van der Waals surface area contributed by atoms with Crippen molar-refractivity contribution in [2.24, 2.45) is 0 Å². The van der Waals surface area contributed by atoms with Crippen LogP contribution in [0.1, 0.15) is 44.9 Å². The van der Waals surface area contributed by atoms with Crippen LogP contribution in [0.25, 0.3) is 0 Å². The molecule has 2 heterocycles. The molecule has 1 saturated heterocycles. The zero-order valence-electron chi connectivity index (χ0n) is 12.7. The van der Waals surface area contributed by atoms with E-state index in [2.05, 4.69) is 27.8 Å². The summed E-state index contributed by atoms with van der Waals surface area (Å²) in [6.45, 7) is 5.93. The number of nitrogens with one attached hydrogen (secondary N) is 2. The van der Waals surface area contributed by atoms with Crippen LogP contribution < -0.4 is 10.6 Å². The molecule has 0 unspecified atom stereocenters. The van der Waals surface area contributed by atoms with Gasteiger partial charge in [-0.05, 0) is 32.2 Å². The SMILES string of the molecule is CCCNCc1nnc(NCCC(=O)N2CCCCC2)o1. The van der Waals surface area contributed by atoms with Gasteiger partial charge in [0.05, 0.1) is 6.54 Å². The number of hydrogen-bond acceptors (Lipinski definition) is 6. The molecular weight excluding hydrogens is 270 g/mol. The third kappa shape index (κ3) is 5.34. The first-order valence-corrected chi connectivity index (χ1v) is 7.84. The lowest BCUT2D eigenvalue weighted by atomic mass is 10.1. The van der Waals surface area contributed by atoms with E-state index in [9.17, 15) is 4.79 Å². The van der Waals surface area contributed by atoms with Gasteiger partial charge in [-0.25, -0.2) is 0 Å². The monoisotopic (exact) mass is 295 g/mol. The Kier molecular flexibility index (Phi) is 6.46. The van der Waals surface area contributed by atoms with E-state index in [-0.39, 0.29) is 5.91 Å². The fraction of sp³-hybridized carbons (Fsp3) is 0.786. The highest BCUT2D eigenvalue weighted by Gasteiger charge is 2.16. The number of amides is 1. The predicted molar refractivity (Wildman–Crippen MR) is 79.8 cm³/mol. The normalized spacial score (nSPS) is 15.2. The summed E-state index contributed by atoms with van der Waals surface area (Å²) in [5.74, 6) is 0.764. The van der Waals surface area contributed by atoms with Crippen molar-refractivity contribution in [3.63, 3.8) is 0 Å². The number of piperidine rings is 1. The lowest BCUT2D eigenvalue weighted by molar-refractivity contribution is -0.131. The van der Waals surface area contributed by atoms with Crippen LogP contribution in [0, 0.1) is 0 Å². The summed E-state index contributed by atoms with van der Waals surface area (Å²) in [4.78, 5) is 13.9. The summed E-state index contributed by atoms with van der Waals surface area (Å²) in [5, 5.41) is 14.1. The van der Waals surface area contributed by atoms with Crippen molar-refractivity contribution >= 4 is 11.9 Å². The minimum absolute atomic E-state index is 0.201. The van der Waals surface area contributed by atoms with Crippen molar-refractivity contribution in [2.45, 2.75) is 45.6 Å². The van der Waals surface area contributed by atoms with Gasteiger partial charge in [-0.1, -0.05) is 12.0 Å². The molecule has 2 N–H and O–H groups in total. The van der Waals surface area contributed by atoms with Gasteiger partial charge in [0.25, 0.3) is 0 Å². The van der Waals surface area contributed by atoms with Crippen molar-refractivity contribution in [3.05, 3.63) is 5.89 Å². The molecule has 1 aromatic heterocycles. The standard InChI is InChI=1S/C14H25N5O2/c1-2-7-15-11-12-17-18-14(21-12)16-8-6-13(20)19-9-4-3-5-10-19/h15H,2-11H2,1H3,(H,16,18). The summed E-state index contributed by atoms with van der Waals surface area (Å²) in [6, 6.07) is 0.384. The second-order valence-electron chi connectivity index (χ2n) is 5.30. The molecule has 0 aromatic carbocycles. The van der Waals surface area contributed by atoms with Crippen LogP contribution >= 0.6 is 0 Å². The fourth-order valence-electron chi connectivity index (χ4n) is 2.35. The number of rotatable bonds is 8.